The molecule has 1 spiro atoms. The molecule has 2 saturated heterocycles. The number of benzene rings is 1. The standard InChI is InChI=1S/C22H21N7/c1-28-9-17(7-27-28)16-4-18(19-8-23-14-26-20(19)5-16)15-2-3-21(25-6-15)29-12-22(13-29)10-24-11-22/h2-9,14,24H,10-13H2,1H3. The van der Waals surface area contributed by atoms with E-state index < -0.39 is 0 Å². The quantitative estimate of drug-likeness (QED) is 0.586. The maximum Gasteiger partial charge on any atom is 0.128 e. The molecule has 2 aliphatic heterocycles. The van der Waals surface area contributed by atoms with E-state index in [1.165, 1.54) is 0 Å². The van der Waals surface area contributed by atoms with Crippen LogP contribution in [0, 0.1) is 5.41 Å². The number of aryl methyl sites for hydroxylation is 1. The summed E-state index contributed by atoms with van der Waals surface area (Å²) in [5, 5.41) is 8.71. The van der Waals surface area contributed by atoms with Gasteiger partial charge >= 0.3 is 0 Å². The Balaban J connectivity index is 1.38. The molecule has 4 aromatic rings. The van der Waals surface area contributed by atoms with E-state index in [1.54, 1.807) is 6.33 Å². The molecule has 0 saturated carbocycles. The van der Waals surface area contributed by atoms with Gasteiger partial charge in [0.25, 0.3) is 0 Å². The number of fused-ring (bicyclic) bond motifs is 1. The van der Waals surface area contributed by atoms with Crippen molar-refractivity contribution in [2.75, 3.05) is 31.1 Å². The van der Waals surface area contributed by atoms with Crippen molar-refractivity contribution in [3.63, 3.8) is 0 Å². The summed E-state index contributed by atoms with van der Waals surface area (Å²) in [6.07, 6.45) is 9.33. The van der Waals surface area contributed by atoms with Crippen molar-refractivity contribution in [1.82, 2.24) is 30.0 Å². The van der Waals surface area contributed by atoms with Gasteiger partial charge in [-0.05, 0) is 35.4 Å². The molecule has 2 aliphatic rings. The van der Waals surface area contributed by atoms with Crippen molar-refractivity contribution in [3.05, 3.63) is 55.4 Å². The maximum atomic E-state index is 4.76. The van der Waals surface area contributed by atoms with E-state index >= 15 is 0 Å². The Labute approximate surface area is 168 Å². The smallest absolute Gasteiger partial charge is 0.128 e. The Morgan fingerprint density at radius 3 is 2.55 bits per heavy atom. The van der Waals surface area contributed by atoms with Crippen molar-refractivity contribution >= 4 is 16.7 Å². The average molecular weight is 383 g/mol. The first-order chi connectivity index (χ1) is 14.2. The van der Waals surface area contributed by atoms with E-state index in [0.717, 1.165) is 65.2 Å². The molecule has 7 nitrogen and oxygen atoms in total. The summed E-state index contributed by atoms with van der Waals surface area (Å²) >= 11 is 0. The van der Waals surface area contributed by atoms with Crippen LogP contribution in [0.4, 0.5) is 5.82 Å². The van der Waals surface area contributed by atoms with E-state index in [9.17, 15) is 0 Å². The minimum absolute atomic E-state index is 0.492. The number of aromatic nitrogens is 5. The lowest BCUT2D eigenvalue weighted by molar-refractivity contribution is 0.120. The van der Waals surface area contributed by atoms with Crippen LogP contribution in [0.5, 0.6) is 0 Å². The van der Waals surface area contributed by atoms with Crippen molar-refractivity contribution in [2.24, 2.45) is 12.5 Å². The van der Waals surface area contributed by atoms with Crippen LogP contribution in [-0.2, 0) is 7.05 Å². The molecule has 7 heteroatoms. The first-order valence-electron chi connectivity index (χ1n) is 9.84. The van der Waals surface area contributed by atoms with Gasteiger partial charge in [0, 0.05) is 73.7 Å². The van der Waals surface area contributed by atoms with Gasteiger partial charge < -0.3 is 10.2 Å². The van der Waals surface area contributed by atoms with Gasteiger partial charge in [0.05, 0.1) is 11.7 Å². The van der Waals surface area contributed by atoms with Gasteiger partial charge in [0.15, 0.2) is 0 Å². The molecule has 1 N–H and O–H groups in total. The van der Waals surface area contributed by atoms with Crippen LogP contribution in [0.25, 0.3) is 33.2 Å². The number of hydrogen-bond donors (Lipinski definition) is 1. The van der Waals surface area contributed by atoms with E-state index in [-0.39, 0.29) is 0 Å². The van der Waals surface area contributed by atoms with E-state index in [4.69, 9.17) is 4.98 Å². The van der Waals surface area contributed by atoms with Crippen LogP contribution in [0.2, 0.25) is 0 Å². The fourth-order valence-corrected chi connectivity index (χ4v) is 4.42. The zero-order valence-electron chi connectivity index (χ0n) is 16.2. The molecular formula is C22H21N7. The first-order valence-corrected chi connectivity index (χ1v) is 9.84. The minimum atomic E-state index is 0.492. The normalized spacial score (nSPS) is 17.3. The molecule has 29 heavy (non-hydrogen) atoms. The van der Waals surface area contributed by atoms with Gasteiger partial charge in [-0.25, -0.2) is 15.0 Å². The van der Waals surface area contributed by atoms with Gasteiger partial charge in [0.2, 0.25) is 0 Å². The largest absolute Gasteiger partial charge is 0.355 e. The number of rotatable bonds is 3. The van der Waals surface area contributed by atoms with E-state index in [0.29, 0.717) is 5.41 Å². The number of nitrogens with zero attached hydrogens (tertiary/aromatic N) is 6. The van der Waals surface area contributed by atoms with Crippen LogP contribution in [-0.4, -0.2) is 50.9 Å². The van der Waals surface area contributed by atoms with E-state index in [1.807, 2.05) is 36.5 Å². The van der Waals surface area contributed by atoms with Crippen molar-refractivity contribution in [2.45, 2.75) is 0 Å². The summed E-state index contributed by atoms with van der Waals surface area (Å²) in [6, 6.07) is 8.55. The van der Waals surface area contributed by atoms with Crippen LogP contribution in [0.1, 0.15) is 0 Å². The highest BCUT2D eigenvalue weighted by molar-refractivity contribution is 5.97. The average Bonchev–Trinajstić information content (AvgIpc) is 3.12. The first kappa shape index (κ1) is 16.6. The summed E-state index contributed by atoms with van der Waals surface area (Å²) in [7, 11) is 1.93. The molecule has 0 radical (unpaired) electrons. The van der Waals surface area contributed by atoms with Gasteiger partial charge in [-0.1, -0.05) is 0 Å². The Hall–Kier alpha value is -3.32. The molecule has 0 bridgehead atoms. The summed E-state index contributed by atoms with van der Waals surface area (Å²) in [4.78, 5) is 15.9. The molecule has 0 amide bonds. The molecule has 3 aromatic heterocycles. The highest BCUT2D eigenvalue weighted by Crippen LogP contribution is 2.38. The molecule has 5 heterocycles. The predicted octanol–water partition coefficient (Wildman–Crippen LogP) is 2.50. The molecular weight excluding hydrogens is 362 g/mol. The zero-order valence-corrected chi connectivity index (χ0v) is 16.2. The fraction of sp³-hybridized carbons (Fsp3) is 0.273. The lowest BCUT2D eigenvalue weighted by Gasteiger charge is -2.56. The number of nitrogens with one attached hydrogen (secondary N) is 1. The Morgan fingerprint density at radius 1 is 0.966 bits per heavy atom. The van der Waals surface area contributed by atoms with Gasteiger partial charge in [-0.2, -0.15) is 5.10 Å². The molecule has 6 rings (SSSR count). The van der Waals surface area contributed by atoms with Crippen LogP contribution in [0.15, 0.2) is 55.4 Å². The number of hydrogen-bond acceptors (Lipinski definition) is 6. The molecule has 0 unspecified atom stereocenters. The van der Waals surface area contributed by atoms with Crippen molar-refractivity contribution < 1.29 is 0 Å². The third kappa shape index (κ3) is 2.69. The van der Waals surface area contributed by atoms with Gasteiger partial charge in [-0.15, -0.1) is 0 Å². The summed E-state index contributed by atoms with van der Waals surface area (Å²) in [6.45, 7) is 4.46. The number of pyridine rings is 1. The summed E-state index contributed by atoms with van der Waals surface area (Å²) in [5.74, 6) is 1.05. The summed E-state index contributed by atoms with van der Waals surface area (Å²) < 4.78 is 1.81. The maximum absolute atomic E-state index is 4.76. The van der Waals surface area contributed by atoms with Gasteiger partial charge in [0.1, 0.15) is 12.1 Å². The highest BCUT2D eigenvalue weighted by atomic mass is 15.3. The van der Waals surface area contributed by atoms with Crippen LogP contribution in [0.3, 0.4) is 0 Å². The third-order valence-corrected chi connectivity index (χ3v) is 6.10. The SMILES string of the molecule is Cn1cc(-c2cc(-c3ccc(N4CC5(CNC5)C4)nc3)c3cncnc3c2)cn1. The monoisotopic (exact) mass is 383 g/mol. The molecule has 144 valence electrons. The van der Waals surface area contributed by atoms with Crippen LogP contribution < -0.4 is 10.2 Å². The second-order valence-electron chi connectivity index (χ2n) is 8.25. The predicted molar refractivity (Wildman–Crippen MR) is 112 cm³/mol. The van der Waals surface area contributed by atoms with E-state index in [2.05, 4.69) is 49.5 Å². The van der Waals surface area contributed by atoms with Crippen LogP contribution >= 0.6 is 0 Å². The minimum Gasteiger partial charge on any atom is -0.355 e. The Bertz CT molecular complexity index is 1200. The van der Waals surface area contributed by atoms with Gasteiger partial charge in [-0.3, -0.25) is 4.68 Å². The summed E-state index contributed by atoms with van der Waals surface area (Å²) in [5.41, 5.74) is 5.72. The highest BCUT2D eigenvalue weighted by Gasteiger charge is 2.47. The topological polar surface area (TPSA) is 71.8 Å². The lowest BCUT2D eigenvalue weighted by atomic mass is 9.74. The molecule has 1 aromatic carbocycles. The third-order valence-electron chi connectivity index (χ3n) is 6.10. The van der Waals surface area contributed by atoms with Crippen molar-refractivity contribution in [1.29, 1.82) is 0 Å². The molecule has 0 aliphatic carbocycles. The zero-order chi connectivity index (χ0) is 19.4. The number of anilines is 1. The second kappa shape index (κ2) is 6.09. The Morgan fingerprint density at radius 2 is 1.86 bits per heavy atom. The molecule has 0 atom stereocenters. The second-order valence-corrected chi connectivity index (χ2v) is 8.25. The fourth-order valence-electron chi connectivity index (χ4n) is 4.42. The van der Waals surface area contributed by atoms with Crippen molar-refractivity contribution in [3.8, 4) is 22.3 Å². The molecule has 2 fully saturated rings. The lowest BCUT2D eigenvalue weighted by Crippen LogP contribution is -2.71. The Kier molecular flexibility index (Phi) is 3.49.